The SMILES string of the molecule is CC(C)(O)CNc1c(N)cc(-c2sc(C=O)cc2-c2ccc(C#N)c(F)c2)c(F)c1F. The van der Waals surface area contributed by atoms with Gasteiger partial charge < -0.3 is 16.2 Å². The molecular formula is C22H18F3N3O2S. The number of nitrogens with one attached hydrogen (secondary N) is 1. The number of anilines is 2. The van der Waals surface area contributed by atoms with E-state index < -0.39 is 23.1 Å². The van der Waals surface area contributed by atoms with Crippen molar-refractivity contribution in [3.05, 3.63) is 58.2 Å². The largest absolute Gasteiger partial charge is 0.397 e. The van der Waals surface area contributed by atoms with Gasteiger partial charge in [0.25, 0.3) is 0 Å². The molecule has 0 bridgehead atoms. The number of nitrogens with zero attached hydrogens (tertiary/aromatic N) is 1. The van der Waals surface area contributed by atoms with Crippen LogP contribution in [0.4, 0.5) is 24.5 Å². The molecule has 31 heavy (non-hydrogen) atoms. The van der Waals surface area contributed by atoms with Gasteiger partial charge in [0, 0.05) is 22.5 Å². The standard InChI is InChI=1S/C22H18F3N3O2S/c1-22(2,30)10-28-20-17(27)7-15(18(24)19(20)25)21-14(6-13(9-29)31-21)11-3-4-12(8-26)16(23)5-11/h3-7,9,28,30H,10,27H2,1-2H3. The molecule has 0 saturated carbocycles. The van der Waals surface area contributed by atoms with Crippen molar-refractivity contribution in [2.24, 2.45) is 0 Å². The molecule has 0 spiro atoms. The molecule has 0 aliphatic rings. The van der Waals surface area contributed by atoms with E-state index >= 15 is 4.39 Å². The number of aliphatic hydroxyl groups is 1. The smallest absolute Gasteiger partial charge is 0.184 e. The molecule has 4 N–H and O–H groups in total. The first kappa shape index (κ1) is 22.3. The third-order valence-electron chi connectivity index (χ3n) is 4.45. The van der Waals surface area contributed by atoms with Crippen LogP contribution in [0.15, 0.2) is 30.3 Å². The van der Waals surface area contributed by atoms with Crippen LogP contribution in [-0.4, -0.2) is 23.5 Å². The van der Waals surface area contributed by atoms with Gasteiger partial charge in [-0.2, -0.15) is 5.26 Å². The molecule has 3 aromatic rings. The molecule has 0 aliphatic carbocycles. The lowest BCUT2D eigenvalue weighted by Crippen LogP contribution is -2.30. The van der Waals surface area contributed by atoms with Crippen LogP contribution >= 0.6 is 11.3 Å². The van der Waals surface area contributed by atoms with Crippen LogP contribution in [0.5, 0.6) is 0 Å². The topological polar surface area (TPSA) is 99.1 Å². The highest BCUT2D eigenvalue weighted by molar-refractivity contribution is 7.17. The number of nitrogen functional groups attached to an aromatic ring is 1. The summed E-state index contributed by atoms with van der Waals surface area (Å²) in [6.07, 6.45) is 0.550. The van der Waals surface area contributed by atoms with Crippen molar-refractivity contribution in [1.29, 1.82) is 5.26 Å². The summed E-state index contributed by atoms with van der Waals surface area (Å²) in [4.78, 5) is 11.7. The number of nitriles is 1. The number of nitrogens with two attached hydrogens (primary N) is 1. The number of carbonyl (C=O) groups excluding carboxylic acids is 1. The Hall–Kier alpha value is -3.35. The normalized spacial score (nSPS) is 11.3. The number of halogens is 3. The predicted octanol–water partition coefficient (Wildman–Crippen LogP) is 4.95. The molecule has 1 heterocycles. The van der Waals surface area contributed by atoms with Crippen LogP contribution < -0.4 is 11.1 Å². The first-order chi connectivity index (χ1) is 14.6. The Morgan fingerprint density at radius 2 is 1.90 bits per heavy atom. The van der Waals surface area contributed by atoms with Gasteiger partial charge in [0.2, 0.25) is 0 Å². The first-order valence-electron chi connectivity index (χ1n) is 9.09. The number of aldehydes is 1. The number of hydrogen-bond donors (Lipinski definition) is 3. The number of benzene rings is 2. The van der Waals surface area contributed by atoms with E-state index in [4.69, 9.17) is 11.0 Å². The molecule has 0 aliphatic heterocycles. The predicted molar refractivity (Wildman–Crippen MR) is 114 cm³/mol. The van der Waals surface area contributed by atoms with Crippen molar-refractivity contribution < 1.29 is 23.1 Å². The fourth-order valence-corrected chi connectivity index (χ4v) is 3.96. The van der Waals surface area contributed by atoms with E-state index in [1.165, 1.54) is 38.1 Å². The lowest BCUT2D eigenvalue weighted by molar-refractivity contribution is 0.0944. The second kappa shape index (κ2) is 8.41. The lowest BCUT2D eigenvalue weighted by atomic mass is 9.99. The summed E-state index contributed by atoms with van der Waals surface area (Å²) in [6.45, 7) is 2.92. The van der Waals surface area contributed by atoms with Gasteiger partial charge in [-0.3, -0.25) is 4.79 Å². The van der Waals surface area contributed by atoms with Crippen LogP contribution in [0, 0.1) is 28.8 Å². The Morgan fingerprint density at radius 3 is 2.48 bits per heavy atom. The minimum Gasteiger partial charge on any atom is -0.397 e. The van der Waals surface area contributed by atoms with E-state index in [0.717, 1.165) is 17.4 Å². The summed E-state index contributed by atoms with van der Waals surface area (Å²) in [7, 11) is 0. The maximum absolute atomic E-state index is 15.0. The number of hydrogen-bond acceptors (Lipinski definition) is 6. The average Bonchev–Trinajstić information content (AvgIpc) is 3.14. The summed E-state index contributed by atoms with van der Waals surface area (Å²) in [5.41, 5.74) is 4.59. The van der Waals surface area contributed by atoms with E-state index in [1.54, 1.807) is 6.07 Å². The van der Waals surface area contributed by atoms with Crippen molar-refractivity contribution in [2.45, 2.75) is 19.4 Å². The summed E-state index contributed by atoms with van der Waals surface area (Å²) in [5.74, 6) is -3.22. The van der Waals surface area contributed by atoms with E-state index in [9.17, 15) is 18.7 Å². The molecule has 0 amide bonds. The van der Waals surface area contributed by atoms with Crippen LogP contribution in [0.25, 0.3) is 21.6 Å². The second-order valence-corrected chi connectivity index (χ2v) is 8.58. The summed E-state index contributed by atoms with van der Waals surface area (Å²) < 4.78 is 44.0. The van der Waals surface area contributed by atoms with Gasteiger partial charge in [0.05, 0.1) is 27.4 Å². The zero-order valence-corrected chi connectivity index (χ0v) is 17.4. The summed E-state index contributed by atoms with van der Waals surface area (Å²) in [5, 5.41) is 21.3. The number of rotatable bonds is 6. The van der Waals surface area contributed by atoms with E-state index in [2.05, 4.69) is 5.32 Å². The van der Waals surface area contributed by atoms with E-state index in [0.29, 0.717) is 17.4 Å². The second-order valence-electron chi connectivity index (χ2n) is 7.50. The van der Waals surface area contributed by atoms with Gasteiger partial charge in [0.15, 0.2) is 17.9 Å². The molecule has 1 aromatic heterocycles. The van der Waals surface area contributed by atoms with E-state index in [1.807, 2.05) is 0 Å². The monoisotopic (exact) mass is 445 g/mol. The first-order valence-corrected chi connectivity index (χ1v) is 9.90. The molecule has 0 atom stereocenters. The number of carbonyl (C=O) groups is 1. The molecular weight excluding hydrogens is 427 g/mol. The Balaban J connectivity index is 2.15. The maximum atomic E-state index is 15.0. The van der Waals surface area contributed by atoms with Crippen LogP contribution in [0.1, 0.15) is 29.1 Å². The average molecular weight is 445 g/mol. The minimum absolute atomic E-state index is 0.0725. The molecule has 3 rings (SSSR count). The van der Waals surface area contributed by atoms with Crippen molar-refractivity contribution in [3.8, 4) is 27.6 Å². The van der Waals surface area contributed by atoms with Gasteiger partial charge in [-0.25, -0.2) is 13.2 Å². The molecule has 9 heteroatoms. The Kier molecular flexibility index (Phi) is 6.06. The van der Waals surface area contributed by atoms with Gasteiger partial charge in [-0.15, -0.1) is 11.3 Å². The summed E-state index contributed by atoms with van der Waals surface area (Å²) in [6, 6.07) is 8.17. The third-order valence-corrected chi connectivity index (χ3v) is 5.54. The molecule has 0 fully saturated rings. The molecule has 0 saturated heterocycles. The highest BCUT2D eigenvalue weighted by Gasteiger charge is 2.24. The zero-order chi connectivity index (χ0) is 22.9. The lowest BCUT2D eigenvalue weighted by Gasteiger charge is -2.20. The highest BCUT2D eigenvalue weighted by atomic mass is 32.1. The third kappa shape index (κ3) is 4.55. The van der Waals surface area contributed by atoms with Crippen molar-refractivity contribution in [1.82, 2.24) is 0 Å². The van der Waals surface area contributed by atoms with Gasteiger partial charge in [0.1, 0.15) is 11.9 Å². The highest BCUT2D eigenvalue weighted by Crippen LogP contribution is 2.43. The fourth-order valence-electron chi connectivity index (χ4n) is 2.95. The Morgan fingerprint density at radius 1 is 1.19 bits per heavy atom. The molecule has 0 unspecified atom stereocenters. The Bertz CT molecular complexity index is 1210. The van der Waals surface area contributed by atoms with Crippen molar-refractivity contribution in [2.75, 3.05) is 17.6 Å². The van der Waals surface area contributed by atoms with Crippen LogP contribution in [0.3, 0.4) is 0 Å². The quantitative estimate of drug-likeness (QED) is 0.368. The zero-order valence-electron chi connectivity index (χ0n) is 16.6. The van der Waals surface area contributed by atoms with Gasteiger partial charge >= 0.3 is 0 Å². The molecule has 0 radical (unpaired) electrons. The van der Waals surface area contributed by atoms with Gasteiger partial charge in [-0.1, -0.05) is 6.07 Å². The van der Waals surface area contributed by atoms with E-state index in [-0.39, 0.29) is 38.8 Å². The molecule has 160 valence electrons. The van der Waals surface area contributed by atoms with Crippen LogP contribution in [0.2, 0.25) is 0 Å². The summed E-state index contributed by atoms with van der Waals surface area (Å²) >= 11 is 0.900. The fraction of sp³-hybridized carbons (Fsp3) is 0.182. The van der Waals surface area contributed by atoms with Crippen molar-refractivity contribution >= 4 is 29.0 Å². The maximum Gasteiger partial charge on any atom is 0.184 e. The van der Waals surface area contributed by atoms with Gasteiger partial charge in [-0.05, 0) is 43.7 Å². The molecule has 2 aromatic carbocycles. The van der Waals surface area contributed by atoms with Crippen molar-refractivity contribution in [3.63, 3.8) is 0 Å². The molecule has 5 nitrogen and oxygen atoms in total. The Labute approximate surface area is 180 Å². The van der Waals surface area contributed by atoms with Crippen LogP contribution in [-0.2, 0) is 0 Å². The number of thiophene rings is 1. The minimum atomic E-state index is -1.24.